The molecule has 2 aromatic rings. The predicted octanol–water partition coefficient (Wildman–Crippen LogP) is 1.56. The van der Waals surface area contributed by atoms with Crippen molar-refractivity contribution in [3.63, 3.8) is 0 Å². The van der Waals surface area contributed by atoms with Crippen molar-refractivity contribution < 1.29 is 23.9 Å². The van der Waals surface area contributed by atoms with Crippen LogP contribution in [0.3, 0.4) is 0 Å². The number of esters is 1. The van der Waals surface area contributed by atoms with E-state index in [0.29, 0.717) is 22.7 Å². The largest absolute Gasteiger partial charge is 0.481 e. The number of aromatic nitrogens is 1. The summed E-state index contributed by atoms with van der Waals surface area (Å²) in [6.07, 6.45) is 1.72. The summed E-state index contributed by atoms with van der Waals surface area (Å²) in [7, 11) is 2.73. The molecule has 0 fully saturated rings. The molecule has 142 valence electrons. The van der Waals surface area contributed by atoms with Crippen molar-refractivity contribution in [1.29, 1.82) is 0 Å². The van der Waals surface area contributed by atoms with E-state index in [4.69, 9.17) is 9.47 Å². The highest BCUT2D eigenvalue weighted by molar-refractivity contribution is 5.98. The number of benzene rings is 1. The molecule has 1 aromatic heterocycles. The Morgan fingerprint density at radius 3 is 2.59 bits per heavy atom. The molecule has 1 aromatic carbocycles. The quantitative estimate of drug-likeness (QED) is 0.716. The Labute approximate surface area is 156 Å². The van der Waals surface area contributed by atoms with E-state index in [1.54, 1.807) is 36.5 Å². The Bertz CT molecular complexity index is 838. The molecule has 8 heteroatoms. The highest BCUT2D eigenvalue weighted by Crippen LogP contribution is 2.17. The first-order valence-electron chi connectivity index (χ1n) is 8.18. The number of pyridine rings is 1. The van der Waals surface area contributed by atoms with Crippen LogP contribution in [0, 0.1) is 0 Å². The first-order chi connectivity index (χ1) is 12.9. The number of anilines is 1. The second-order valence-electron chi connectivity index (χ2n) is 5.69. The van der Waals surface area contributed by atoms with Gasteiger partial charge in [-0.25, -0.2) is 9.78 Å². The van der Waals surface area contributed by atoms with Gasteiger partial charge in [-0.05, 0) is 24.3 Å². The molecule has 0 bridgehead atoms. The van der Waals surface area contributed by atoms with Crippen LogP contribution in [0.25, 0.3) is 0 Å². The second-order valence-corrected chi connectivity index (χ2v) is 5.69. The van der Waals surface area contributed by atoms with Crippen LogP contribution in [-0.2, 0) is 20.7 Å². The molecule has 0 saturated heterocycles. The van der Waals surface area contributed by atoms with Crippen molar-refractivity contribution >= 4 is 23.5 Å². The zero-order valence-electron chi connectivity index (χ0n) is 15.3. The molecule has 0 spiro atoms. The SMILES string of the molecule is COC(=O)[C@H](Cc1cccnc1OC)NC(=O)c1cccc(NC(C)=O)c1. The van der Waals surface area contributed by atoms with Gasteiger partial charge in [-0.1, -0.05) is 12.1 Å². The van der Waals surface area contributed by atoms with Crippen LogP contribution in [-0.4, -0.2) is 43.0 Å². The normalized spacial score (nSPS) is 11.2. The van der Waals surface area contributed by atoms with E-state index in [-0.39, 0.29) is 12.3 Å². The Morgan fingerprint density at radius 1 is 1.15 bits per heavy atom. The van der Waals surface area contributed by atoms with E-state index in [2.05, 4.69) is 15.6 Å². The molecule has 0 saturated carbocycles. The maximum Gasteiger partial charge on any atom is 0.328 e. The van der Waals surface area contributed by atoms with Gasteiger partial charge in [-0.3, -0.25) is 9.59 Å². The molecule has 0 unspecified atom stereocenters. The summed E-state index contributed by atoms with van der Waals surface area (Å²) in [5, 5.41) is 5.26. The van der Waals surface area contributed by atoms with E-state index >= 15 is 0 Å². The number of hydrogen-bond acceptors (Lipinski definition) is 6. The van der Waals surface area contributed by atoms with Crippen molar-refractivity contribution in [2.75, 3.05) is 19.5 Å². The van der Waals surface area contributed by atoms with Gasteiger partial charge in [0.05, 0.1) is 14.2 Å². The lowest BCUT2D eigenvalue weighted by Crippen LogP contribution is -2.43. The Kier molecular flexibility index (Phi) is 6.87. The van der Waals surface area contributed by atoms with Gasteiger partial charge in [0.1, 0.15) is 6.04 Å². The minimum Gasteiger partial charge on any atom is -0.481 e. The molecule has 2 N–H and O–H groups in total. The first kappa shape index (κ1) is 19.9. The van der Waals surface area contributed by atoms with Crippen molar-refractivity contribution in [2.45, 2.75) is 19.4 Å². The molecule has 0 aliphatic heterocycles. The van der Waals surface area contributed by atoms with Crippen molar-refractivity contribution in [3.8, 4) is 5.88 Å². The smallest absolute Gasteiger partial charge is 0.328 e. The number of ether oxygens (including phenoxy) is 2. The summed E-state index contributed by atoms with van der Waals surface area (Å²) in [6, 6.07) is 8.95. The molecule has 0 aliphatic carbocycles. The zero-order chi connectivity index (χ0) is 19.8. The molecule has 2 rings (SSSR count). The lowest BCUT2D eigenvalue weighted by Gasteiger charge is -2.18. The Hall–Kier alpha value is -3.42. The number of methoxy groups -OCH3 is 2. The molecule has 2 amide bonds. The average molecular weight is 371 g/mol. The van der Waals surface area contributed by atoms with Gasteiger partial charge in [0.25, 0.3) is 5.91 Å². The second kappa shape index (κ2) is 9.33. The number of amides is 2. The van der Waals surface area contributed by atoms with Crippen molar-refractivity contribution in [3.05, 3.63) is 53.7 Å². The van der Waals surface area contributed by atoms with Crippen molar-refractivity contribution in [2.24, 2.45) is 0 Å². The van der Waals surface area contributed by atoms with Gasteiger partial charge in [-0.15, -0.1) is 0 Å². The molecule has 1 atom stereocenters. The monoisotopic (exact) mass is 371 g/mol. The number of rotatable bonds is 7. The third kappa shape index (κ3) is 5.53. The van der Waals surface area contributed by atoms with E-state index < -0.39 is 17.9 Å². The summed E-state index contributed by atoms with van der Waals surface area (Å²) < 4.78 is 9.99. The fourth-order valence-electron chi connectivity index (χ4n) is 2.50. The van der Waals surface area contributed by atoms with E-state index in [0.717, 1.165) is 0 Å². The number of nitrogens with one attached hydrogen (secondary N) is 2. The van der Waals surface area contributed by atoms with Crippen LogP contribution in [0.1, 0.15) is 22.8 Å². The Balaban J connectivity index is 2.19. The van der Waals surface area contributed by atoms with E-state index in [1.807, 2.05) is 0 Å². The number of carbonyl (C=O) groups excluding carboxylic acids is 3. The van der Waals surface area contributed by atoms with E-state index in [9.17, 15) is 14.4 Å². The topological polar surface area (TPSA) is 107 Å². The van der Waals surface area contributed by atoms with Crippen LogP contribution >= 0.6 is 0 Å². The predicted molar refractivity (Wildman–Crippen MR) is 98.5 cm³/mol. The summed E-state index contributed by atoms with van der Waals surface area (Å²) in [4.78, 5) is 40.0. The highest BCUT2D eigenvalue weighted by atomic mass is 16.5. The van der Waals surface area contributed by atoms with Crippen LogP contribution < -0.4 is 15.4 Å². The Morgan fingerprint density at radius 2 is 1.93 bits per heavy atom. The molecular weight excluding hydrogens is 350 g/mol. The molecule has 8 nitrogen and oxygen atoms in total. The molecule has 0 radical (unpaired) electrons. The van der Waals surface area contributed by atoms with Crippen LogP contribution in [0.15, 0.2) is 42.6 Å². The van der Waals surface area contributed by atoms with E-state index in [1.165, 1.54) is 27.2 Å². The van der Waals surface area contributed by atoms with Crippen LogP contribution in [0.2, 0.25) is 0 Å². The van der Waals surface area contributed by atoms with Gasteiger partial charge in [0.15, 0.2) is 0 Å². The highest BCUT2D eigenvalue weighted by Gasteiger charge is 2.24. The fourth-order valence-corrected chi connectivity index (χ4v) is 2.50. The zero-order valence-corrected chi connectivity index (χ0v) is 15.3. The van der Waals surface area contributed by atoms with Gasteiger partial charge >= 0.3 is 5.97 Å². The third-order valence-electron chi connectivity index (χ3n) is 3.70. The third-order valence-corrected chi connectivity index (χ3v) is 3.70. The van der Waals surface area contributed by atoms with Gasteiger partial charge in [0, 0.05) is 36.4 Å². The summed E-state index contributed by atoms with van der Waals surface area (Å²) >= 11 is 0. The van der Waals surface area contributed by atoms with Crippen LogP contribution in [0.4, 0.5) is 5.69 Å². The maximum atomic E-state index is 12.6. The van der Waals surface area contributed by atoms with Gasteiger partial charge < -0.3 is 20.1 Å². The lowest BCUT2D eigenvalue weighted by molar-refractivity contribution is -0.142. The standard InChI is InChI=1S/C19H21N3O5/c1-12(23)21-15-8-4-6-13(10-15)17(24)22-16(19(25)27-3)11-14-7-5-9-20-18(14)26-2/h4-10,16H,11H2,1-3H3,(H,21,23)(H,22,24)/t16-/m0/s1. The minimum absolute atomic E-state index is 0.154. The molecule has 1 heterocycles. The van der Waals surface area contributed by atoms with Gasteiger partial charge in [-0.2, -0.15) is 0 Å². The lowest BCUT2D eigenvalue weighted by atomic mass is 10.1. The molecule has 0 aliphatic rings. The fraction of sp³-hybridized carbons (Fsp3) is 0.263. The maximum absolute atomic E-state index is 12.6. The average Bonchev–Trinajstić information content (AvgIpc) is 2.66. The number of hydrogen-bond donors (Lipinski definition) is 2. The summed E-state index contributed by atoms with van der Waals surface area (Å²) in [5.41, 5.74) is 1.44. The number of carbonyl (C=O) groups is 3. The van der Waals surface area contributed by atoms with Crippen molar-refractivity contribution in [1.82, 2.24) is 10.3 Å². The van der Waals surface area contributed by atoms with Gasteiger partial charge in [0.2, 0.25) is 11.8 Å². The first-order valence-corrected chi connectivity index (χ1v) is 8.18. The summed E-state index contributed by atoms with van der Waals surface area (Å²) in [5.74, 6) is -0.940. The number of nitrogens with zero attached hydrogens (tertiary/aromatic N) is 1. The molecule has 27 heavy (non-hydrogen) atoms. The minimum atomic E-state index is -0.926. The summed E-state index contributed by atoms with van der Waals surface area (Å²) in [6.45, 7) is 1.38. The molecular formula is C19H21N3O5. The van der Waals surface area contributed by atoms with Crippen LogP contribution in [0.5, 0.6) is 5.88 Å².